The molecule has 0 spiro atoms. The Hall–Kier alpha value is 0.350. The molecule has 0 aromatic heterocycles. The molecule has 0 amide bonds. The van der Waals surface area contributed by atoms with Crippen molar-refractivity contribution in [3.8, 4) is 0 Å². The smallest absolute Gasteiger partial charge is 0.00449 e. The first-order valence-electron chi connectivity index (χ1n) is 3.25. The predicted octanol–water partition coefficient (Wildman–Crippen LogP) is 2.35. The Bertz CT molecular complexity index is 98.6. The summed E-state index contributed by atoms with van der Waals surface area (Å²) in [5, 5.41) is 0.581. The topological polar surface area (TPSA) is 0 Å². The number of thiol groups is 1. The van der Waals surface area contributed by atoms with E-state index in [1.54, 1.807) is 0 Å². The van der Waals surface area contributed by atoms with Gasteiger partial charge in [0.15, 0.2) is 0 Å². The van der Waals surface area contributed by atoms with Crippen molar-refractivity contribution in [1.82, 2.24) is 0 Å². The van der Waals surface area contributed by atoms with Crippen LogP contribution in [0.1, 0.15) is 27.2 Å². The van der Waals surface area contributed by atoms with Gasteiger partial charge in [-0.2, -0.15) is 12.6 Å². The largest absolute Gasteiger partial charge is 0.176 e. The second kappa shape index (κ2) is 1.66. The van der Waals surface area contributed by atoms with E-state index in [-0.39, 0.29) is 0 Å². The third-order valence-electron chi connectivity index (χ3n) is 2.67. The molecule has 0 nitrogen and oxygen atoms in total. The summed E-state index contributed by atoms with van der Waals surface area (Å²) in [6, 6.07) is 0. The Labute approximate surface area is 57.1 Å². The Morgan fingerprint density at radius 1 is 1.75 bits per heavy atom. The molecule has 1 unspecified atom stereocenters. The van der Waals surface area contributed by atoms with E-state index >= 15 is 0 Å². The van der Waals surface area contributed by atoms with Crippen molar-refractivity contribution in [2.75, 3.05) is 0 Å². The molecule has 8 heavy (non-hydrogen) atoms. The molecule has 1 saturated carbocycles. The average molecular weight is 130 g/mol. The number of hydrogen-bond donors (Lipinski definition) is 1. The average Bonchev–Trinajstić information content (AvgIpc) is 2.17. The van der Waals surface area contributed by atoms with Crippen molar-refractivity contribution in [2.45, 2.75) is 32.4 Å². The molecule has 0 radical (unpaired) electrons. The molecule has 0 N–H and O–H groups in total. The van der Waals surface area contributed by atoms with Crippen molar-refractivity contribution in [2.24, 2.45) is 11.3 Å². The van der Waals surface area contributed by atoms with Crippen molar-refractivity contribution in [1.29, 1.82) is 0 Å². The van der Waals surface area contributed by atoms with Gasteiger partial charge in [0.05, 0.1) is 0 Å². The fourth-order valence-electron chi connectivity index (χ4n) is 1.18. The highest BCUT2D eigenvalue weighted by Crippen LogP contribution is 2.55. The normalized spacial score (nSPS) is 48.8. The summed E-state index contributed by atoms with van der Waals surface area (Å²) in [6.45, 7) is 6.80. The van der Waals surface area contributed by atoms with Gasteiger partial charge in [0, 0.05) is 5.25 Å². The van der Waals surface area contributed by atoms with Crippen LogP contribution in [0.3, 0.4) is 0 Å². The second-order valence-electron chi connectivity index (χ2n) is 3.29. The maximum Gasteiger partial charge on any atom is 0.00449 e. The van der Waals surface area contributed by atoms with Crippen LogP contribution in [-0.4, -0.2) is 5.25 Å². The fraction of sp³-hybridized carbons (Fsp3) is 1.00. The second-order valence-corrected chi connectivity index (χ2v) is 4.06. The molecule has 3 atom stereocenters. The van der Waals surface area contributed by atoms with Crippen LogP contribution < -0.4 is 0 Å². The molecule has 0 aromatic rings. The zero-order valence-electron chi connectivity index (χ0n) is 5.81. The number of rotatable bonds is 1. The summed E-state index contributed by atoms with van der Waals surface area (Å²) in [6.07, 6.45) is 1.37. The standard InChI is InChI=1S/C7H14S/c1-5-4-7(5,3)6(2)8/h5-6,8H,4H2,1-3H3/t5-,6+,7?/m0/s1. The highest BCUT2D eigenvalue weighted by molar-refractivity contribution is 7.81. The van der Waals surface area contributed by atoms with Gasteiger partial charge in [-0.25, -0.2) is 0 Å². The van der Waals surface area contributed by atoms with Gasteiger partial charge in [-0.05, 0) is 17.8 Å². The molecule has 0 bridgehead atoms. The van der Waals surface area contributed by atoms with Crippen molar-refractivity contribution in [3.05, 3.63) is 0 Å². The molecule has 1 heteroatoms. The first-order valence-corrected chi connectivity index (χ1v) is 3.77. The first-order chi connectivity index (χ1) is 3.57. The van der Waals surface area contributed by atoms with Gasteiger partial charge in [-0.3, -0.25) is 0 Å². The summed E-state index contributed by atoms with van der Waals surface area (Å²) in [5.74, 6) is 0.912. The Morgan fingerprint density at radius 3 is 2.12 bits per heavy atom. The van der Waals surface area contributed by atoms with E-state index < -0.39 is 0 Å². The van der Waals surface area contributed by atoms with Gasteiger partial charge in [0.2, 0.25) is 0 Å². The summed E-state index contributed by atoms with van der Waals surface area (Å²) in [7, 11) is 0. The third-order valence-corrected chi connectivity index (χ3v) is 3.26. The van der Waals surface area contributed by atoms with E-state index in [1.807, 2.05) is 0 Å². The molecule has 0 heterocycles. The van der Waals surface area contributed by atoms with E-state index in [4.69, 9.17) is 0 Å². The van der Waals surface area contributed by atoms with Crippen LogP contribution in [0.2, 0.25) is 0 Å². The van der Waals surface area contributed by atoms with Gasteiger partial charge in [0.1, 0.15) is 0 Å². The lowest BCUT2D eigenvalue weighted by molar-refractivity contribution is 0.518. The van der Waals surface area contributed by atoms with Crippen LogP contribution in [0.5, 0.6) is 0 Å². The van der Waals surface area contributed by atoms with Crippen LogP contribution in [0.25, 0.3) is 0 Å². The molecule has 0 saturated heterocycles. The van der Waals surface area contributed by atoms with Gasteiger partial charge in [-0.15, -0.1) is 0 Å². The SMILES string of the molecule is C[C@@H](S)C1(C)C[C@@H]1C. The molecule has 48 valence electrons. The van der Waals surface area contributed by atoms with Crippen LogP contribution in [-0.2, 0) is 0 Å². The maximum absolute atomic E-state index is 4.40. The fourth-order valence-corrected chi connectivity index (χ4v) is 1.54. The number of hydrogen-bond acceptors (Lipinski definition) is 1. The monoisotopic (exact) mass is 130 g/mol. The van der Waals surface area contributed by atoms with E-state index in [9.17, 15) is 0 Å². The molecule has 0 aromatic carbocycles. The van der Waals surface area contributed by atoms with Gasteiger partial charge >= 0.3 is 0 Å². The first kappa shape index (κ1) is 6.47. The minimum atomic E-state index is 0.573. The highest BCUT2D eigenvalue weighted by Gasteiger charge is 2.49. The molecular weight excluding hydrogens is 116 g/mol. The lowest BCUT2D eigenvalue weighted by Gasteiger charge is -2.12. The molecule has 0 aliphatic heterocycles. The van der Waals surface area contributed by atoms with E-state index in [0.717, 1.165) is 5.92 Å². The van der Waals surface area contributed by atoms with Crippen LogP contribution in [0.15, 0.2) is 0 Å². The van der Waals surface area contributed by atoms with Crippen molar-refractivity contribution >= 4 is 12.6 Å². The zero-order chi connectivity index (χ0) is 6.36. The maximum atomic E-state index is 4.40. The van der Waals surface area contributed by atoms with Gasteiger partial charge < -0.3 is 0 Å². The molecule has 1 rings (SSSR count). The lowest BCUT2D eigenvalue weighted by Crippen LogP contribution is -2.09. The van der Waals surface area contributed by atoms with Gasteiger partial charge in [0.25, 0.3) is 0 Å². The zero-order valence-corrected chi connectivity index (χ0v) is 6.70. The molecule has 1 aliphatic carbocycles. The van der Waals surface area contributed by atoms with Crippen LogP contribution >= 0.6 is 12.6 Å². The van der Waals surface area contributed by atoms with Crippen LogP contribution in [0, 0.1) is 11.3 Å². The summed E-state index contributed by atoms with van der Waals surface area (Å²) in [4.78, 5) is 0. The summed E-state index contributed by atoms with van der Waals surface area (Å²) < 4.78 is 0. The summed E-state index contributed by atoms with van der Waals surface area (Å²) in [5.41, 5.74) is 0.573. The highest BCUT2D eigenvalue weighted by atomic mass is 32.1. The Balaban J connectivity index is 2.47. The minimum Gasteiger partial charge on any atom is -0.176 e. The molecule has 1 aliphatic rings. The van der Waals surface area contributed by atoms with Crippen LogP contribution in [0.4, 0.5) is 0 Å². The van der Waals surface area contributed by atoms with Crippen molar-refractivity contribution < 1.29 is 0 Å². The van der Waals surface area contributed by atoms with E-state index in [2.05, 4.69) is 33.4 Å². The van der Waals surface area contributed by atoms with Crippen molar-refractivity contribution in [3.63, 3.8) is 0 Å². The van der Waals surface area contributed by atoms with Gasteiger partial charge in [-0.1, -0.05) is 20.8 Å². The Morgan fingerprint density at radius 2 is 2.12 bits per heavy atom. The lowest BCUT2D eigenvalue weighted by atomic mass is 10.0. The molecular formula is C7H14S. The molecule has 1 fully saturated rings. The minimum absolute atomic E-state index is 0.573. The summed E-state index contributed by atoms with van der Waals surface area (Å²) >= 11 is 4.40. The quantitative estimate of drug-likeness (QED) is 0.517. The third kappa shape index (κ3) is 0.771. The van der Waals surface area contributed by atoms with E-state index in [1.165, 1.54) is 6.42 Å². The van der Waals surface area contributed by atoms with E-state index in [0.29, 0.717) is 10.7 Å². The predicted molar refractivity (Wildman–Crippen MR) is 40.3 cm³/mol. The Kier molecular flexibility index (Phi) is 1.34.